The second kappa shape index (κ2) is 7.16. The van der Waals surface area contributed by atoms with Crippen LogP contribution in [0.5, 0.6) is 0 Å². The molecule has 0 radical (unpaired) electrons. The zero-order valence-corrected chi connectivity index (χ0v) is 16.3. The number of pyridine rings is 1. The maximum Gasteiger partial charge on any atom is 0.296 e. The van der Waals surface area contributed by atoms with Crippen LogP contribution in [0.1, 0.15) is 31.9 Å². The summed E-state index contributed by atoms with van der Waals surface area (Å²) in [5, 5.41) is 11.0. The van der Waals surface area contributed by atoms with Crippen LogP contribution in [0.25, 0.3) is 10.2 Å². The number of thiazole rings is 1. The Bertz CT molecular complexity index is 1060. The molecule has 0 bridgehead atoms. The average molecular weight is 393 g/mol. The standard InChI is InChI=1S/C21H19N3O3S/c1-12(2)10-15(25)17-18(13-6-5-9-22-11-13)24(20(27)19(17)26)21-23-14-7-3-4-8-16(14)28-21/h3-9,11-12,18,26H,10H2,1-2H3. The summed E-state index contributed by atoms with van der Waals surface area (Å²) in [5.74, 6) is -1.24. The summed E-state index contributed by atoms with van der Waals surface area (Å²) in [6, 6.07) is 10.4. The fraction of sp³-hybridized carbons (Fsp3) is 0.238. The van der Waals surface area contributed by atoms with Gasteiger partial charge in [-0.25, -0.2) is 4.98 Å². The highest BCUT2D eigenvalue weighted by Crippen LogP contribution is 2.43. The Balaban J connectivity index is 1.86. The number of amides is 1. The molecule has 1 aliphatic rings. The highest BCUT2D eigenvalue weighted by atomic mass is 32.1. The van der Waals surface area contributed by atoms with Gasteiger partial charge in [0.15, 0.2) is 16.7 Å². The van der Waals surface area contributed by atoms with E-state index in [0.717, 1.165) is 10.2 Å². The van der Waals surface area contributed by atoms with Gasteiger partial charge in [0.2, 0.25) is 0 Å². The number of carbonyl (C=O) groups is 2. The van der Waals surface area contributed by atoms with Gasteiger partial charge in [-0.3, -0.25) is 19.5 Å². The van der Waals surface area contributed by atoms with E-state index in [-0.39, 0.29) is 23.7 Å². The minimum atomic E-state index is -0.743. The van der Waals surface area contributed by atoms with E-state index in [2.05, 4.69) is 9.97 Å². The largest absolute Gasteiger partial charge is 0.503 e. The van der Waals surface area contributed by atoms with Crippen LogP contribution in [-0.4, -0.2) is 26.8 Å². The van der Waals surface area contributed by atoms with Gasteiger partial charge in [-0.05, 0) is 29.7 Å². The van der Waals surface area contributed by atoms with Crippen molar-refractivity contribution in [2.45, 2.75) is 26.3 Å². The Kier molecular flexibility index (Phi) is 4.68. The number of nitrogens with zero attached hydrogens (tertiary/aromatic N) is 3. The zero-order chi connectivity index (χ0) is 19.8. The maximum absolute atomic E-state index is 13.0. The van der Waals surface area contributed by atoms with Crippen molar-refractivity contribution in [1.29, 1.82) is 0 Å². The summed E-state index contributed by atoms with van der Waals surface area (Å²) in [5.41, 5.74) is 1.54. The summed E-state index contributed by atoms with van der Waals surface area (Å²) in [6.07, 6.45) is 3.48. The Morgan fingerprint density at radius 1 is 1.25 bits per heavy atom. The van der Waals surface area contributed by atoms with Crippen molar-refractivity contribution in [3.05, 3.63) is 65.7 Å². The van der Waals surface area contributed by atoms with Crippen LogP contribution < -0.4 is 4.90 Å². The van der Waals surface area contributed by atoms with E-state index in [1.807, 2.05) is 38.1 Å². The molecule has 6 nitrogen and oxygen atoms in total. The number of aliphatic hydroxyl groups is 1. The SMILES string of the molecule is CC(C)CC(=O)C1=C(O)C(=O)N(c2nc3ccccc3s2)C1c1cccnc1. The van der Waals surface area contributed by atoms with Crippen molar-refractivity contribution >= 4 is 38.4 Å². The number of hydrogen-bond acceptors (Lipinski definition) is 6. The maximum atomic E-state index is 13.0. The number of hydrogen-bond donors (Lipinski definition) is 1. The average Bonchev–Trinajstić information content (AvgIpc) is 3.21. The molecule has 0 saturated heterocycles. The molecular weight excluding hydrogens is 374 g/mol. The van der Waals surface area contributed by atoms with Crippen molar-refractivity contribution < 1.29 is 14.7 Å². The fourth-order valence-electron chi connectivity index (χ4n) is 3.38. The number of benzene rings is 1. The second-order valence-corrected chi connectivity index (χ2v) is 8.12. The van der Waals surface area contributed by atoms with E-state index in [9.17, 15) is 14.7 Å². The lowest BCUT2D eigenvalue weighted by Gasteiger charge is -2.24. The molecule has 1 unspecified atom stereocenters. The number of aromatic nitrogens is 2. The predicted octanol–water partition coefficient (Wildman–Crippen LogP) is 4.21. The molecule has 1 aromatic carbocycles. The van der Waals surface area contributed by atoms with Gasteiger partial charge in [-0.1, -0.05) is 43.4 Å². The molecule has 142 valence electrons. The van der Waals surface area contributed by atoms with Gasteiger partial charge < -0.3 is 5.11 Å². The lowest BCUT2D eigenvalue weighted by molar-refractivity contribution is -0.118. The molecule has 0 spiro atoms. The molecule has 0 saturated carbocycles. The topological polar surface area (TPSA) is 83.4 Å². The van der Waals surface area contributed by atoms with Gasteiger partial charge in [0.05, 0.1) is 21.8 Å². The Hall–Kier alpha value is -3.06. The number of para-hydroxylation sites is 1. The first kappa shape index (κ1) is 18.3. The third-order valence-electron chi connectivity index (χ3n) is 4.59. The van der Waals surface area contributed by atoms with Crippen molar-refractivity contribution in [2.24, 2.45) is 5.92 Å². The first-order chi connectivity index (χ1) is 13.5. The molecule has 28 heavy (non-hydrogen) atoms. The van der Waals surface area contributed by atoms with Crippen LogP contribution in [0.3, 0.4) is 0 Å². The monoisotopic (exact) mass is 393 g/mol. The molecule has 4 rings (SSSR count). The van der Waals surface area contributed by atoms with Crippen LogP contribution in [0, 0.1) is 5.92 Å². The number of rotatable bonds is 5. The summed E-state index contributed by atoms with van der Waals surface area (Å²) in [6.45, 7) is 3.85. The normalized spacial score (nSPS) is 17.2. The summed E-state index contributed by atoms with van der Waals surface area (Å²) < 4.78 is 0.927. The molecule has 2 aromatic heterocycles. The number of Topliss-reactive ketones (excluding diaryl/α,β-unsaturated/α-hetero) is 1. The minimum Gasteiger partial charge on any atom is -0.503 e. The first-order valence-electron chi connectivity index (χ1n) is 9.02. The van der Waals surface area contributed by atoms with Crippen LogP contribution in [0.15, 0.2) is 60.1 Å². The van der Waals surface area contributed by atoms with Crippen LogP contribution in [0.2, 0.25) is 0 Å². The van der Waals surface area contributed by atoms with Gasteiger partial charge in [0, 0.05) is 18.8 Å². The Morgan fingerprint density at radius 2 is 2.04 bits per heavy atom. The van der Waals surface area contributed by atoms with E-state index in [1.54, 1.807) is 24.5 Å². The third kappa shape index (κ3) is 3.07. The molecule has 3 heterocycles. The molecule has 7 heteroatoms. The van der Waals surface area contributed by atoms with E-state index < -0.39 is 17.7 Å². The number of carbonyl (C=O) groups excluding carboxylic acids is 2. The van der Waals surface area contributed by atoms with Crippen molar-refractivity contribution in [1.82, 2.24) is 9.97 Å². The second-order valence-electron chi connectivity index (χ2n) is 7.11. The number of fused-ring (bicyclic) bond motifs is 1. The third-order valence-corrected chi connectivity index (χ3v) is 5.63. The molecule has 1 aliphatic heterocycles. The molecule has 0 aliphatic carbocycles. The Labute approximate surface area is 166 Å². The fourth-order valence-corrected chi connectivity index (χ4v) is 4.38. The van der Waals surface area contributed by atoms with E-state index in [0.29, 0.717) is 10.7 Å². The highest BCUT2D eigenvalue weighted by Gasteiger charge is 2.45. The van der Waals surface area contributed by atoms with Crippen molar-refractivity contribution in [3.63, 3.8) is 0 Å². The number of aliphatic hydroxyl groups excluding tert-OH is 1. The van der Waals surface area contributed by atoms with Crippen LogP contribution in [-0.2, 0) is 9.59 Å². The minimum absolute atomic E-state index is 0.106. The van der Waals surface area contributed by atoms with E-state index >= 15 is 0 Å². The highest BCUT2D eigenvalue weighted by molar-refractivity contribution is 7.22. The smallest absolute Gasteiger partial charge is 0.296 e. The number of ketones is 1. The Morgan fingerprint density at radius 3 is 2.71 bits per heavy atom. The van der Waals surface area contributed by atoms with Gasteiger partial charge in [-0.15, -0.1) is 0 Å². The lowest BCUT2D eigenvalue weighted by Crippen LogP contribution is -2.31. The van der Waals surface area contributed by atoms with Gasteiger partial charge in [0.25, 0.3) is 5.91 Å². The molecule has 1 amide bonds. The molecule has 1 atom stereocenters. The van der Waals surface area contributed by atoms with Crippen LogP contribution in [0.4, 0.5) is 5.13 Å². The first-order valence-corrected chi connectivity index (χ1v) is 9.84. The molecule has 3 aromatic rings. The van der Waals surface area contributed by atoms with Gasteiger partial charge in [0.1, 0.15) is 0 Å². The molecule has 1 N–H and O–H groups in total. The van der Waals surface area contributed by atoms with Gasteiger partial charge in [-0.2, -0.15) is 0 Å². The van der Waals surface area contributed by atoms with E-state index in [1.165, 1.54) is 16.2 Å². The molecular formula is C21H19N3O3S. The van der Waals surface area contributed by atoms with E-state index in [4.69, 9.17) is 0 Å². The van der Waals surface area contributed by atoms with Crippen molar-refractivity contribution in [3.8, 4) is 0 Å². The predicted molar refractivity (Wildman–Crippen MR) is 108 cm³/mol. The summed E-state index contributed by atoms with van der Waals surface area (Å²) in [7, 11) is 0. The summed E-state index contributed by atoms with van der Waals surface area (Å²) in [4.78, 5) is 36.0. The van der Waals surface area contributed by atoms with Crippen molar-refractivity contribution in [2.75, 3.05) is 4.90 Å². The molecule has 0 fully saturated rings. The zero-order valence-electron chi connectivity index (χ0n) is 15.5. The number of anilines is 1. The quantitative estimate of drug-likeness (QED) is 0.702. The summed E-state index contributed by atoms with van der Waals surface area (Å²) >= 11 is 1.35. The van der Waals surface area contributed by atoms with Crippen LogP contribution >= 0.6 is 11.3 Å². The van der Waals surface area contributed by atoms with Gasteiger partial charge >= 0.3 is 0 Å². The lowest BCUT2D eigenvalue weighted by atomic mass is 9.93.